The fraction of sp³-hybridized carbons (Fsp3) is 0.105. The first-order valence-electron chi connectivity index (χ1n) is 8.12. The van der Waals surface area contributed by atoms with Crippen molar-refractivity contribution in [2.75, 3.05) is 10.6 Å². The van der Waals surface area contributed by atoms with Crippen LogP contribution in [0.25, 0.3) is 0 Å². The number of hydrogen-bond donors (Lipinski definition) is 2. The molecule has 7 heteroatoms. The first kappa shape index (κ1) is 16.4. The molecule has 0 fully saturated rings. The molecule has 130 valence electrons. The van der Waals surface area contributed by atoms with Gasteiger partial charge in [-0.3, -0.25) is 4.79 Å². The lowest BCUT2D eigenvalue weighted by molar-refractivity contribution is -0.113. The Hall–Kier alpha value is -3.12. The lowest BCUT2D eigenvalue weighted by atomic mass is 9.95. The van der Waals surface area contributed by atoms with Crippen LogP contribution < -0.4 is 10.6 Å². The molecule has 1 aromatic heterocycles. The highest BCUT2D eigenvalue weighted by Crippen LogP contribution is 2.35. The maximum absolute atomic E-state index is 13.1. The van der Waals surface area contributed by atoms with Crippen molar-refractivity contribution in [3.63, 3.8) is 0 Å². The first-order valence-corrected chi connectivity index (χ1v) is 8.50. The summed E-state index contributed by atoms with van der Waals surface area (Å²) in [6.45, 7) is 1.87. The summed E-state index contributed by atoms with van der Waals surface area (Å²) in [5, 5.41) is 11.0. The molecule has 1 amide bonds. The minimum absolute atomic E-state index is 0.202. The number of allylic oxidation sites excluding steroid dienone is 1. The Labute approximate surface area is 155 Å². The van der Waals surface area contributed by atoms with Crippen molar-refractivity contribution >= 4 is 29.1 Å². The standard InChI is InChI=1S/C19H16ClN5O/c1-12-16(18(26)24-15-9-7-14(20)8-10-15)17(13-5-3-2-4-6-13)25-19(23-12)21-11-22-25/h2-11,17H,1H3,(H,24,26)(H,21,22,23)/t17-/m1/s1. The van der Waals surface area contributed by atoms with Crippen LogP contribution in [0.15, 0.2) is 72.2 Å². The van der Waals surface area contributed by atoms with Gasteiger partial charge in [-0.15, -0.1) is 0 Å². The molecule has 0 unspecified atom stereocenters. The van der Waals surface area contributed by atoms with Crippen LogP contribution in [0.1, 0.15) is 18.5 Å². The number of aromatic nitrogens is 3. The molecule has 2 aromatic carbocycles. The average Bonchev–Trinajstić information content (AvgIpc) is 3.11. The summed E-state index contributed by atoms with van der Waals surface area (Å²) in [5.41, 5.74) is 2.97. The summed E-state index contributed by atoms with van der Waals surface area (Å²) < 4.78 is 1.72. The van der Waals surface area contributed by atoms with Gasteiger partial charge in [0.2, 0.25) is 5.95 Å². The highest BCUT2D eigenvalue weighted by molar-refractivity contribution is 6.30. The molecule has 3 aromatic rings. The summed E-state index contributed by atoms with van der Waals surface area (Å²) in [5.74, 6) is 0.409. The summed E-state index contributed by atoms with van der Waals surface area (Å²) in [6.07, 6.45) is 1.48. The lowest BCUT2D eigenvalue weighted by Crippen LogP contribution is -2.31. The third-order valence-corrected chi connectivity index (χ3v) is 4.51. The fourth-order valence-electron chi connectivity index (χ4n) is 3.06. The molecular formula is C19H16ClN5O. The lowest BCUT2D eigenvalue weighted by Gasteiger charge is -2.28. The molecule has 2 heterocycles. The van der Waals surface area contributed by atoms with Gasteiger partial charge in [-0.05, 0) is 36.8 Å². The van der Waals surface area contributed by atoms with Gasteiger partial charge < -0.3 is 10.6 Å². The zero-order valence-electron chi connectivity index (χ0n) is 14.0. The fourth-order valence-corrected chi connectivity index (χ4v) is 3.19. The molecule has 4 rings (SSSR count). The molecule has 0 aliphatic carbocycles. The van der Waals surface area contributed by atoms with E-state index in [1.807, 2.05) is 37.3 Å². The van der Waals surface area contributed by atoms with E-state index in [0.29, 0.717) is 22.2 Å². The second-order valence-corrected chi connectivity index (χ2v) is 6.40. The van der Waals surface area contributed by atoms with Gasteiger partial charge >= 0.3 is 0 Å². The van der Waals surface area contributed by atoms with Crippen molar-refractivity contribution < 1.29 is 4.79 Å². The number of hydrogen-bond acceptors (Lipinski definition) is 4. The summed E-state index contributed by atoms with van der Waals surface area (Å²) in [6, 6.07) is 16.4. The number of halogens is 1. The van der Waals surface area contributed by atoms with Crippen LogP contribution in [0.5, 0.6) is 0 Å². The van der Waals surface area contributed by atoms with Crippen LogP contribution in [0.4, 0.5) is 11.6 Å². The predicted molar refractivity (Wildman–Crippen MR) is 101 cm³/mol. The summed E-state index contributed by atoms with van der Waals surface area (Å²) in [7, 11) is 0. The zero-order valence-corrected chi connectivity index (χ0v) is 14.7. The monoisotopic (exact) mass is 365 g/mol. The predicted octanol–water partition coefficient (Wildman–Crippen LogP) is 3.86. The summed E-state index contributed by atoms with van der Waals surface area (Å²) in [4.78, 5) is 17.3. The molecule has 1 aliphatic heterocycles. The first-order chi connectivity index (χ1) is 12.6. The van der Waals surface area contributed by atoms with Gasteiger partial charge in [-0.25, -0.2) is 4.68 Å². The second-order valence-electron chi connectivity index (χ2n) is 5.97. The minimum Gasteiger partial charge on any atom is -0.328 e. The van der Waals surface area contributed by atoms with E-state index in [4.69, 9.17) is 11.6 Å². The van der Waals surface area contributed by atoms with Crippen molar-refractivity contribution in [2.24, 2.45) is 0 Å². The normalized spacial score (nSPS) is 16.0. The number of fused-ring (bicyclic) bond motifs is 1. The SMILES string of the molecule is CC1=C(C(=O)Nc2ccc(Cl)cc2)[C@@H](c2ccccc2)n2ncnc2N1. The van der Waals surface area contributed by atoms with Crippen molar-refractivity contribution in [3.05, 3.63) is 82.8 Å². The maximum Gasteiger partial charge on any atom is 0.255 e. The van der Waals surface area contributed by atoms with Crippen molar-refractivity contribution in [1.29, 1.82) is 0 Å². The molecule has 1 atom stereocenters. The highest BCUT2D eigenvalue weighted by Gasteiger charge is 2.33. The van der Waals surface area contributed by atoms with Gasteiger partial charge in [0.15, 0.2) is 0 Å². The average molecular weight is 366 g/mol. The number of anilines is 2. The molecule has 0 bridgehead atoms. The molecule has 6 nitrogen and oxygen atoms in total. The topological polar surface area (TPSA) is 71.8 Å². The van der Waals surface area contributed by atoms with Crippen LogP contribution in [0.3, 0.4) is 0 Å². The Balaban J connectivity index is 1.74. The van der Waals surface area contributed by atoms with E-state index in [1.54, 1.807) is 28.9 Å². The van der Waals surface area contributed by atoms with E-state index in [-0.39, 0.29) is 11.9 Å². The Morgan fingerprint density at radius 1 is 1.15 bits per heavy atom. The van der Waals surface area contributed by atoms with Crippen molar-refractivity contribution in [2.45, 2.75) is 13.0 Å². The van der Waals surface area contributed by atoms with Gasteiger partial charge in [0.05, 0.1) is 5.57 Å². The Morgan fingerprint density at radius 3 is 2.62 bits per heavy atom. The van der Waals surface area contributed by atoms with E-state index in [9.17, 15) is 4.79 Å². The van der Waals surface area contributed by atoms with Crippen molar-refractivity contribution in [1.82, 2.24) is 14.8 Å². The smallest absolute Gasteiger partial charge is 0.255 e. The number of nitrogens with one attached hydrogen (secondary N) is 2. The highest BCUT2D eigenvalue weighted by atomic mass is 35.5. The van der Waals surface area contributed by atoms with Gasteiger partial charge in [-0.1, -0.05) is 41.9 Å². The van der Waals surface area contributed by atoms with Crippen molar-refractivity contribution in [3.8, 4) is 0 Å². The van der Waals surface area contributed by atoms with E-state index in [2.05, 4.69) is 20.7 Å². The van der Waals surface area contributed by atoms with Crippen LogP contribution in [-0.4, -0.2) is 20.7 Å². The van der Waals surface area contributed by atoms with Crippen LogP contribution in [0.2, 0.25) is 5.02 Å². The summed E-state index contributed by atoms with van der Waals surface area (Å²) >= 11 is 5.92. The van der Waals surface area contributed by atoms with E-state index in [1.165, 1.54) is 6.33 Å². The van der Waals surface area contributed by atoms with E-state index >= 15 is 0 Å². The Bertz CT molecular complexity index is 979. The third kappa shape index (κ3) is 2.95. The van der Waals surface area contributed by atoms with E-state index < -0.39 is 0 Å². The minimum atomic E-state index is -0.359. The molecule has 2 N–H and O–H groups in total. The molecular weight excluding hydrogens is 350 g/mol. The number of carbonyl (C=O) groups is 1. The van der Waals surface area contributed by atoms with Gasteiger partial charge in [-0.2, -0.15) is 10.1 Å². The Kier molecular flexibility index (Phi) is 4.18. The molecule has 0 spiro atoms. The Morgan fingerprint density at radius 2 is 1.88 bits per heavy atom. The molecule has 0 saturated carbocycles. The van der Waals surface area contributed by atoms with Gasteiger partial charge in [0.25, 0.3) is 5.91 Å². The number of carbonyl (C=O) groups excluding carboxylic acids is 1. The third-order valence-electron chi connectivity index (χ3n) is 4.26. The molecule has 0 radical (unpaired) electrons. The van der Waals surface area contributed by atoms with Gasteiger partial charge in [0, 0.05) is 16.4 Å². The largest absolute Gasteiger partial charge is 0.328 e. The molecule has 0 saturated heterocycles. The maximum atomic E-state index is 13.1. The van der Waals surface area contributed by atoms with Crippen LogP contribution in [0, 0.1) is 0 Å². The molecule has 26 heavy (non-hydrogen) atoms. The quantitative estimate of drug-likeness (QED) is 0.739. The van der Waals surface area contributed by atoms with Crippen LogP contribution >= 0.6 is 11.6 Å². The molecule has 1 aliphatic rings. The van der Waals surface area contributed by atoms with E-state index in [0.717, 1.165) is 11.3 Å². The van der Waals surface area contributed by atoms with Gasteiger partial charge in [0.1, 0.15) is 12.4 Å². The number of benzene rings is 2. The van der Waals surface area contributed by atoms with Crippen LogP contribution in [-0.2, 0) is 4.79 Å². The number of rotatable bonds is 3. The zero-order chi connectivity index (χ0) is 18.1. The second kappa shape index (κ2) is 6.65. The number of amides is 1. The number of nitrogens with zero attached hydrogens (tertiary/aromatic N) is 3.